The molecule has 0 aliphatic heterocycles. The Hall–Kier alpha value is -2.60. The lowest BCUT2D eigenvalue weighted by molar-refractivity contribution is 0.640. The molecule has 0 radical (unpaired) electrons. The Balaban J connectivity index is 2.05. The lowest BCUT2D eigenvalue weighted by Crippen LogP contribution is -2.19. The zero-order chi connectivity index (χ0) is 17.2. The fourth-order valence-corrected chi connectivity index (χ4v) is 3.15. The van der Waals surface area contributed by atoms with Crippen LogP contribution in [0, 0.1) is 6.92 Å². The van der Waals surface area contributed by atoms with Gasteiger partial charge in [-0.05, 0) is 40.3 Å². The van der Waals surface area contributed by atoms with Crippen LogP contribution in [0.5, 0.6) is 0 Å². The first kappa shape index (κ1) is 16.3. The summed E-state index contributed by atoms with van der Waals surface area (Å²) in [4.78, 5) is 0. The van der Waals surface area contributed by atoms with Crippen LogP contribution in [0.25, 0.3) is 5.57 Å². The number of rotatable bonds is 4. The molecule has 0 aliphatic rings. The summed E-state index contributed by atoms with van der Waals surface area (Å²) in [6.45, 7) is 11.1. The molecule has 3 rings (SSSR count). The second-order valence-electron chi connectivity index (χ2n) is 6.87. The van der Waals surface area contributed by atoms with Gasteiger partial charge in [0.1, 0.15) is 0 Å². The zero-order valence-corrected chi connectivity index (χ0v) is 14.7. The molecule has 0 unspecified atom stereocenters. The maximum absolute atomic E-state index is 4.35. The minimum atomic E-state index is -0.0410. The van der Waals surface area contributed by atoms with Crippen LogP contribution in [0.15, 0.2) is 85.4 Å². The highest BCUT2D eigenvalue weighted by molar-refractivity contribution is 5.80. The van der Waals surface area contributed by atoms with Gasteiger partial charge in [0.2, 0.25) is 0 Å². The van der Waals surface area contributed by atoms with E-state index >= 15 is 0 Å². The molecule has 120 valence electrons. The van der Waals surface area contributed by atoms with Crippen molar-refractivity contribution in [2.24, 2.45) is 0 Å². The van der Waals surface area contributed by atoms with E-state index in [1.54, 1.807) is 0 Å². The van der Waals surface area contributed by atoms with Gasteiger partial charge in [-0.1, -0.05) is 99.3 Å². The van der Waals surface area contributed by atoms with Gasteiger partial charge in [0.15, 0.2) is 0 Å². The van der Waals surface area contributed by atoms with Crippen molar-refractivity contribution in [1.82, 2.24) is 0 Å². The summed E-state index contributed by atoms with van der Waals surface area (Å²) in [5, 5.41) is 0. The normalized spacial score (nSPS) is 11.3. The van der Waals surface area contributed by atoms with Crippen LogP contribution in [0.2, 0.25) is 0 Å². The first-order valence-corrected chi connectivity index (χ1v) is 8.41. The number of aryl methyl sites for hydroxylation is 1. The molecule has 0 heteroatoms. The maximum Gasteiger partial charge on any atom is 0.0146 e. The summed E-state index contributed by atoms with van der Waals surface area (Å²) < 4.78 is 0. The van der Waals surface area contributed by atoms with Gasteiger partial charge in [0, 0.05) is 5.41 Å². The molecule has 3 aromatic carbocycles. The second kappa shape index (κ2) is 6.49. The van der Waals surface area contributed by atoms with Crippen molar-refractivity contribution >= 4 is 5.57 Å². The average Bonchev–Trinajstić information content (AvgIpc) is 2.63. The molecule has 0 saturated heterocycles. The highest BCUT2D eigenvalue weighted by Crippen LogP contribution is 2.34. The molecule has 0 aliphatic carbocycles. The summed E-state index contributed by atoms with van der Waals surface area (Å²) in [7, 11) is 0. The Kier molecular flexibility index (Phi) is 4.40. The highest BCUT2D eigenvalue weighted by Gasteiger charge is 2.23. The monoisotopic (exact) mass is 312 g/mol. The molecular weight excluding hydrogens is 288 g/mol. The third-order valence-electron chi connectivity index (χ3n) is 4.90. The van der Waals surface area contributed by atoms with Crippen LogP contribution in [0.1, 0.15) is 41.7 Å². The quantitative estimate of drug-likeness (QED) is 0.524. The van der Waals surface area contributed by atoms with Crippen molar-refractivity contribution in [2.45, 2.75) is 26.2 Å². The molecule has 0 saturated carbocycles. The van der Waals surface area contributed by atoms with Crippen molar-refractivity contribution in [2.75, 3.05) is 0 Å². The van der Waals surface area contributed by atoms with Crippen LogP contribution in [-0.4, -0.2) is 0 Å². The van der Waals surface area contributed by atoms with Crippen molar-refractivity contribution < 1.29 is 0 Å². The van der Waals surface area contributed by atoms with Gasteiger partial charge in [0.05, 0.1) is 0 Å². The Labute approximate surface area is 145 Å². The summed E-state index contributed by atoms with van der Waals surface area (Å²) in [6, 6.07) is 27.8. The number of benzene rings is 3. The summed E-state index contributed by atoms with van der Waals surface area (Å²) in [6.07, 6.45) is 0. The molecule has 0 N–H and O–H groups in total. The molecule has 0 amide bonds. The largest absolute Gasteiger partial charge is 0.0905 e. The van der Waals surface area contributed by atoms with Gasteiger partial charge in [0.25, 0.3) is 0 Å². The summed E-state index contributed by atoms with van der Waals surface area (Å²) >= 11 is 0. The van der Waals surface area contributed by atoms with E-state index in [1.807, 2.05) is 6.07 Å². The molecule has 0 aromatic heterocycles. The Bertz CT molecular complexity index is 840. The van der Waals surface area contributed by atoms with E-state index in [9.17, 15) is 0 Å². The van der Waals surface area contributed by atoms with E-state index in [0.29, 0.717) is 0 Å². The minimum absolute atomic E-state index is 0.0410. The smallest absolute Gasteiger partial charge is 0.0146 e. The van der Waals surface area contributed by atoms with Crippen molar-refractivity contribution in [1.29, 1.82) is 0 Å². The van der Waals surface area contributed by atoms with Crippen LogP contribution in [0.4, 0.5) is 0 Å². The first-order chi connectivity index (χ1) is 11.5. The topological polar surface area (TPSA) is 0 Å². The number of hydrogen-bond donors (Lipinski definition) is 0. The summed E-state index contributed by atoms with van der Waals surface area (Å²) in [5.41, 5.74) is 7.34. The molecule has 0 spiro atoms. The third-order valence-corrected chi connectivity index (χ3v) is 4.90. The van der Waals surface area contributed by atoms with Gasteiger partial charge >= 0.3 is 0 Å². The standard InChI is InChI=1S/C24H24/c1-18-15-16-22(24(3,4)21-13-9-6-10-14-21)17-23(18)19(2)20-11-7-5-8-12-20/h5-17H,2H2,1,3-4H3. The van der Waals surface area contributed by atoms with E-state index in [2.05, 4.69) is 100 Å². The van der Waals surface area contributed by atoms with Gasteiger partial charge in [-0.3, -0.25) is 0 Å². The predicted octanol–water partition coefficient (Wildman–Crippen LogP) is 6.38. The van der Waals surface area contributed by atoms with Crippen LogP contribution in [0.3, 0.4) is 0 Å². The first-order valence-electron chi connectivity index (χ1n) is 8.41. The van der Waals surface area contributed by atoms with E-state index in [-0.39, 0.29) is 5.41 Å². The fourth-order valence-electron chi connectivity index (χ4n) is 3.15. The molecular formula is C24H24. The van der Waals surface area contributed by atoms with E-state index in [1.165, 1.54) is 27.8 Å². The van der Waals surface area contributed by atoms with Crippen LogP contribution < -0.4 is 0 Å². The van der Waals surface area contributed by atoms with E-state index in [4.69, 9.17) is 0 Å². The van der Waals surface area contributed by atoms with E-state index in [0.717, 1.165) is 5.57 Å². The molecule has 0 heterocycles. The molecule has 0 fully saturated rings. The van der Waals surface area contributed by atoms with Crippen molar-refractivity contribution in [3.63, 3.8) is 0 Å². The second-order valence-corrected chi connectivity index (χ2v) is 6.87. The van der Waals surface area contributed by atoms with Crippen LogP contribution in [-0.2, 0) is 5.41 Å². The maximum atomic E-state index is 4.35. The molecule has 0 nitrogen and oxygen atoms in total. The Morgan fingerprint density at radius 1 is 0.750 bits per heavy atom. The Morgan fingerprint density at radius 2 is 1.33 bits per heavy atom. The van der Waals surface area contributed by atoms with Gasteiger partial charge < -0.3 is 0 Å². The van der Waals surface area contributed by atoms with Gasteiger partial charge in [-0.25, -0.2) is 0 Å². The van der Waals surface area contributed by atoms with Gasteiger partial charge in [-0.15, -0.1) is 0 Å². The van der Waals surface area contributed by atoms with Crippen molar-refractivity contribution in [3.8, 4) is 0 Å². The van der Waals surface area contributed by atoms with Crippen molar-refractivity contribution in [3.05, 3.63) is 113 Å². The highest BCUT2D eigenvalue weighted by atomic mass is 14.3. The SMILES string of the molecule is C=C(c1ccccc1)c1cc(C(C)(C)c2ccccc2)ccc1C. The number of hydrogen-bond acceptors (Lipinski definition) is 0. The van der Waals surface area contributed by atoms with Gasteiger partial charge in [-0.2, -0.15) is 0 Å². The fraction of sp³-hybridized carbons (Fsp3) is 0.167. The van der Waals surface area contributed by atoms with Crippen LogP contribution >= 0.6 is 0 Å². The van der Waals surface area contributed by atoms with E-state index < -0.39 is 0 Å². The lowest BCUT2D eigenvalue weighted by Gasteiger charge is -2.27. The lowest BCUT2D eigenvalue weighted by atomic mass is 9.76. The molecule has 0 bridgehead atoms. The molecule has 24 heavy (non-hydrogen) atoms. The summed E-state index contributed by atoms with van der Waals surface area (Å²) in [5.74, 6) is 0. The molecule has 0 atom stereocenters. The Morgan fingerprint density at radius 3 is 1.96 bits per heavy atom. The predicted molar refractivity (Wildman–Crippen MR) is 104 cm³/mol. The molecule has 3 aromatic rings. The zero-order valence-electron chi connectivity index (χ0n) is 14.7. The average molecular weight is 312 g/mol. The third kappa shape index (κ3) is 3.05. The minimum Gasteiger partial charge on any atom is -0.0905 e.